The van der Waals surface area contributed by atoms with E-state index < -0.39 is 0 Å². The Balaban J connectivity index is 1.96. The first-order chi connectivity index (χ1) is 7.57. The smallest absolute Gasteiger partial charge is 0.0438 e. The number of hydrogen-bond donors (Lipinski definition) is 0. The highest BCUT2D eigenvalue weighted by Crippen LogP contribution is 2.65. The molecule has 0 radical (unpaired) electrons. The van der Waals surface area contributed by atoms with Gasteiger partial charge in [0, 0.05) is 17.8 Å². The van der Waals surface area contributed by atoms with Gasteiger partial charge in [-0.25, -0.2) is 0 Å². The summed E-state index contributed by atoms with van der Waals surface area (Å²) in [7, 11) is 0. The molecule has 0 aliphatic carbocycles. The lowest BCUT2D eigenvalue weighted by Crippen LogP contribution is -2.26. The molecule has 88 valence electrons. The van der Waals surface area contributed by atoms with E-state index in [0.29, 0.717) is 5.41 Å². The molecule has 1 aromatic rings. The fourth-order valence-electron chi connectivity index (χ4n) is 1.60. The third kappa shape index (κ3) is 3.18. The van der Waals surface area contributed by atoms with Crippen molar-refractivity contribution in [1.29, 1.82) is 0 Å². The highest BCUT2D eigenvalue weighted by Gasteiger charge is 2.31. The summed E-state index contributed by atoms with van der Waals surface area (Å²) in [6.07, 6.45) is -0.00729. The molecule has 1 aliphatic rings. The lowest BCUT2D eigenvalue weighted by atomic mass is 9.83. The van der Waals surface area contributed by atoms with Gasteiger partial charge in [-0.15, -0.1) is 22.8 Å². The van der Waals surface area contributed by atoms with Crippen molar-refractivity contribution in [3.63, 3.8) is 0 Å². The maximum atomic E-state index is 2.37. The van der Waals surface area contributed by atoms with Gasteiger partial charge in [-0.2, -0.15) is 0 Å². The summed E-state index contributed by atoms with van der Waals surface area (Å²) in [6.45, 7) is 7.11. The number of hydrogen-bond acceptors (Lipinski definition) is 2. The van der Waals surface area contributed by atoms with Gasteiger partial charge in [0.05, 0.1) is 0 Å². The fourth-order valence-corrected chi connectivity index (χ4v) is 9.91. The van der Waals surface area contributed by atoms with E-state index in [-0.39, 0.29) is 6.33 Å². The first kappa shape index (κ1) is 12.8. The van der Waals surface area contributed by atoms with Crippen molar-refractivity contribution in [2.24, 2.45) is 11.3 Å². The molecule has 16 heavy (non-hydrogen) atoms. The first-order valence-corrected chi connectivity index (χ1v) is 10.2. The van der Waals surface area contributed by atoms with Gasteiger partial charge in [-0.05, 0) is 16.6 Å². The Bertz CT molecular complexity index is 324. The number of rotatable bonds is 1. The monoisotopic (exact) mass is 270 g/mol. The molecule has 0 aromatic heterocycles. The molecule has 2 rings (SSSR count). The van der Waals surface area contributed by atoms with Gasteiger partial charge in [0.2, 0.25) is 0 Å². The summed E-state index contributed by atoms with van der Waals surface area (Å²) in [4.78, 5) is 0. The molecule has 0 saturated carbocycles. The molecular formula is C13H19PS2. The largest absolute Gasteiger partial charge is 0.118 e. The van der Waals surface area contributed by atoms with Gasteiger partial charge in [0.15, 0.2) is 0 Å². The SMILES string of the molecule is CC(C)(C)C1CSP(c2ccccc2)SC1. The van der Waals surface area contributed by atoms with Crippen LogP contribution in [0.15, 0.2) is 30.3 Å². The van der Waals surface area contributed by atoms with E-state index in [2.05, 4.69) is 73.9 Å². The van der Waals surface area contributed by atoms with Crippen molar-refractivity contribution in [3.8, 4) is 0 Å². The van der Waals surface area contributed by atoms with E-state index in [4.69, 9.17) is 0 Å². The minimum Gasteiger partial charge on any atom is -0.118 e. The zero-order valence-electron chi connectivity index (χ0n) is 10.1. The minimum atomic E-state index is -0.00729. The van der Waals surface area contributed by atoms with Crippen molar-refractivity contribution in [2.45, 2.75) is 20.8 Å². The van der Waals surface area contributed by atoms with Gasteiger partial charge >= 0.3 is 0 Å². The Labute approximate surface area is 108 Å². The zero-order valence-corrected chi connectivity index (χ0v) is 12.7. The normalized spacial score (nSPS) is 26.7. The number of benzene rings is 1. The van der Waals surface area contributed by atoms with Crippen molar-refractivity contribution in [3.05, 3.63) is 30.3 Å². The summed E-state index contributed by atoms with van der Waals surface area (Å²) in [5, 5.41) is 1.54. The molecule has 0 amide bonds. The average molecular weight is 270 g/mol. The van der Waals surface area contributed by atoms with E-state index in [1.807, 2.05) is 0 Å². The Morgan fingerprint density at radius 3 is 2.12 bits per heavy atom. The molecule has 1 heterocycles. The summed E-state index contributed by atoms with van der Waals surface area (Å²) in [5.41, 5.74) is 0.470. The van der Waals surface area contributed by atoms with Crippen LogP contribution >= 0.6 is 29.1 Å². The second-order valence-corrected chi connectivity index (χ2v) is 11.9. The Kier molecular flexibility index (Phi) is 4.26. The van der Waals surface area contributed by atoms with E-state index in [1.54, 1.807) is 5.30 Å². The van der Waals surface area contributed by atoms with Crippen molar-refractivity contribution >= 4 is 34.4 Å². The van der Waals surface area contributed by atoms with Crippen LogP contribution in [0.5, 0.6) is 0 Å². The van der Waals surface area contributed by atoms with Gasteiger partial charge in [-0.3, -0.25) is 0 Å². The van der Waals surface area contributed by atoms with Crippen LogP contribution in [0.25, 0.3) is 0 Å². The van der Waals surface area contributed by atoms with Crippen LogP contribution in [0, 0.1) is 11.3 Å². The molecule has 0 bridgehead atoms. The summed E-state index contributed by atoms with van der Waals surface area (Å²) >= 11 is 4.36. The van der Waals surface area contributed by atoms with Gasteiger partial charge in [0.1, 0.15) is 0 Å². The highest BCUT2D eigenvalue weighted by molar-refractivity contribution is 8.90. The summed E-state index contributed by atoms with van der Waals surface area (Å²) in [5.74, 6) is 3.53. The fraction of sp³-hybridized carbons (Fsp3) is 0.538. The molecule has 0 unspecified atom stereocenters. The molecular weight excluding hydrogens is 251 g/mol. The van der Waals surface area contributed by atoms with Crippen LogP contribution in [-0.2, 0) is 0 Å². The first-order valence-electron chi connectivity index (χ1n) is 5.68. The predicted molar refractivity (Wildman–Crippen MR) is 80.9 cm³/mol. The van der Waals surface area contributed by atoms with E-state index in [0.717, 1.165) is 5.92 Å². The molecule has 0 atom stereocenters. The second kappa shape index (κ2) is 5.33. The second-order valence-electron chi connectivity index (χ2n) is 5.25. The molecule has 0 nitrogen and oxygen atoms in total. The Morgan fingerprint density at radius 1 is 1.06 bits per heavy atom. The molecule has 1 aromatic carbocycles. The molecule has 3 heteroatoms. The molecule has 1 fully saturated rings. The van der Waals surface area contributed by atoms with Crippen LogP contribution in [-0.4, -0.2) is 11.5 Å². The third-order valence-electron chi connectivity index (χ3n) is 2.98. The van der Waals surface area contributed by atoms with Crippen LogP contribution in [0.4, 0.5) is 0 Å². The van der Waals surface area contributed by atoms with Crippen LogP contribution in [0.3, 0.4) is 0 Å². The van der Waals surface area contributed by atoms with E-state index in [1.165, 1.54) is 11.5 Å². The van der Waals surface area contributed by atoms with Gasteiger partial charge < -0.3 is 0 Å². The predicted octanol–water partition coefficient (Wildman–Crippen LogP) is 4.77. The topological polar surface area (TPSA) is 0 Å². The van der Waals surface area contributed by atoms with Crippen molar-refractivity contribution < 1.29 is 0 Å². The van der Waals surface area contributed by atoms with Crippen LogP contribution < -0.4 is 5.30 Å². The van der Waals surface area contributed by atoms with Crippen LogP contribution in [0.1, 0.15) is 20.8 Å². The summed E-state index contributed by atoms with van der Waals surface area (Å²) in [6, 6.07) is 11.0. The maximum Gasteiger partial charge on any atom is 0.0438 e. The van der Waals surface area contributed by atoms with Crippen LogP contribution in [0.2, 0.25) is 0 Å². The highest BCUT2D eigenvalue weighted by atomic mass is 33.1. The van der Waals surface area contributed by atoms with E-state index >= 15 is 0 Å². The maximum absolute atomic E-state index is 2.37. The summed E-state index contributed by atoms with van der Waals surface area (Å²) < 4.78 is 0. The molecule has 0 spiro atoms. The zero-order chi connectivity index (χ0) is 11.6. The van der Waals surface area contributed by atoms with E-state index in [9.17, 15) is 0 Å². The lowest BCUT2D eigenvalue weighted by Gasteiger charge is -2.36. The quantitative estimate of drug-likeness (QED) is 0.674. The standard InChI is InChI=1S/C13H19PS2/c1-13(2,3)11-9-15-14(16-10-11)12-7-5-4-6-8-12/h4-8,11H,9-10H2,1-3H3. The Morgan fingerprint density at radius 2 is 1.62 bits per heavy atom. The molecule has 1 saturated heterocycles. The van der Waals surface area contributed by atoms with Gasteiger partial charge in [0.25, 0.3) is 0 Å². The lowest BCUT2D eigenvalue weighted by molar-refractivity contribution is 0.294. The molecule has 0 N–H and O–H groups in total. The average Bonchev–Trinajstić information content (AvgIpc) is 2.29. The third-order valence-corrected chi connectivity index (χ3v) is 10.7. The molecule has 1 aliphatic heterocycles. The van der Waals surface area contributed by atoms with Gasteiger partial charge in [-0.1, -0.05) is 51.1 Å². The Hall–Kier alpha value is 0.350. The van der Waals surface area contributed by atoms with Crippen molar-refractivity contribution in [1.82, 2.24) is 0 Å². The van der Waals surface area contributed by atoms with Crippen molar-refractivity contribution in [2.75, 3.05) is 11.5 Å². The minimum absolute atomic E-state index is 0.00729.